The van der Waals surface area contributed by atoms with Crippen LogP contribution < -0.4 is 15.4 Å². The van der Waals surface area contributed by atoms with Gasteiger partial charge >= 0.3 is 6.03 Å². The first kappa shape index (κ1) is 16.6. The minimum Gasteiger partial charge on any atom is -0.491 e. The number of benzene rings is 1. The highest BCUT2D eigenvalue weighted by Crippen LogP contribution is 2.26. The Balaban J connectivity index is 1.93. The third kappa shape index (κ3) is 4.91. The zero-order valence-electron chi connectivity index (χ0n) is 13.4. The molecule has 2 amide bonds. The average molecular weight is 306 g/mol. The van der Waals surface area contributed by atoms with E-state index in [1.54, 1.807) is 0 Å². The van der Waals surface area contributed by atoms with Crippen molar-refractivity contribution in [2.45, 2.75) is 58.1 Å². The van der Waals surface area contributed by atoms with Gasteiger partial charge in [0.25, 0.3) is 0 Å². The Kier molecular flexibility index (Phi) is 6.07. The van der Waals surface area contributed by atoms with Crippen molar-refractivity contribution in [1.82, 2.24) is 5.32 Å². The number of ether oxygens (including phenoxy) is 1. The molecule has 5 heteroatoms. The molecule has 1 aromatic carbocycles. The number of anilines is 1. The Morgan fingerprint density at radius 2 is 2.05 bits per heavy atom. The number of aliphatic hydroxyl groups excluding tert-OH is 1. The number of carbonyl (C=O) groups is 1. The fourth-order valence-electron chi connectivity index (χ4n) is 2.63. The van der Waals surface area contributed by atoms with E-state index in [1.165, 1.54) is 0 Å². The van der Waals surface area contributed by atoms with E-state index in [9.17, 15) is 9.90 Å². The summed E-state index contributed by atoms with van der Waals surface area (Å²) in [6.07, 6.45) is 3.85. The van der Waals surface area contributed by atoms with Crippen LogP contribution in [0.4, 0.5) is 10.5 Å². The van der Waals surface area contributed by atoms with Crippen LogP contribution in [0.2, 0.25) is 0 Å². The molecule has 0 saturated heterocycles. The largest absolute Gasteiger partial charge is 0.491 e. The van der Waals surface area contributed by atoms with E-state index in [0.29, 0.717) is 18.0 Å². The lowest BCUT2D eigenvalue weighted by atomic mass is 9.93. The van der Waals surface area contributed by atoms with Crippen molar-refractivity contribution >= 4 is 11.7 Å². The summed E-state index contributed by atoms with van der Waals surface area (Å²) >= 11 is 0. The molecule has 0 unspecified atom stereocenters. The summed E-state index contributed by atoms with van der Waals surface area (Å²) in [6, 6.07) is 5.67. The third-order valence-corrected chi connectivity index (χ3v) is 3.88. The number of aryl methyl sites for hydroxylation is 1. The number of urea groups is 1. The Labute approximate surface area is 132 Å². The van der Waals surface area contributed by atoms with Gasteiger partial charge in [-0.15, -0.1) is 0 Å². The Morgan fingerprint density at radius 3 is 2.73 bits per heavy atom. The number of aliphatic hydroxyl groups is 1. The van der Waals surface area contributed by atoms with Gasteiger partial charge in [-0.05, 0) is 56.7 Å². The number of rotatable bonds is 5. The highest BCUT2D eigenvalue weighted by molar-refractivity contribution is 5.91. The van der Waals surface area contributed by atoms with Gasteiger partial charge in [-0.2, -0.15) is 0 Å². The molecule has 1 aliphatic rings. The van der Waals surface area contributed by atoms with Crippen molar-refractivity contribution in [2.24, 2.45) is 0 Å². The molecule has 22 heavy (non-hydrogen) atoms. The van der Waals surface area contributed by atoms with Gasteiger partial charge in [0.15, 0.2) is 0 Å². The van der Waals surface area contributed by atoms with Crippen LogP contribution in [-0.2, 0) is 0 Å². The van der Waals surface area contributed by atoms with Crippen LogP contribution in [0.1, 0.15) is 44.6 Å². The summed E-state index contributed by atoms with van der Waals surface area (Å²) in [7, 11) is 0. The van der Waals surface area contributed by atoms with Gasteiger partial charge in [-0.25, -0.2) is 4.79 Å². The standard InChI is InChI=1S/C17H26N2O3/c1-3-10-22-16-11-12(2)4-9-15(16)19-17(21)18-13-5-7-14(20)8-6-13/h4,9,11,13-14,20H,3,5-8,10H2,1-2H3,(H2,18,19,21). The number of hydrogen-bond donors (Lipinski definition) is 3. The SMILES string of the molecule is CCCOc1cc(C)ccc1NC(=O)NC1CCC(O)CC1. The molecule has 3 N–H and O–H groups in total. The maximum atomic E-state index is 12.1. The van der Waals surface area contributed by atoms with Crippen LogP contribution >= 0.6 is 0 Å². The fraction of sp³-hybridized carbons (Fsp3) is 0.588. The molecule has 0 spiro atoms. The summed E-state index contributed by atoms with van der Waals surface area (Å²) in [6.45, 7) is 4.67. The molecule has 0 radical (unpaired) electrons. The molecule has 0 atom stereocenters. The summed E-state index contributed by atoms with van der Waals surface area (Å²) in [4.78, 5) is 12.1. The Hall–Kier alpha value is -1.75. The summed E-state index contributed by atoms with van der Waals surface area (Å²) in [5.41, 5.74) is 1.78. The quantitative estimate of drug-likeness (QED) is 0.782. The molecule has 1 aromatic rings. The maximum absolute atomic E-state index is 12.1. The van der Waals surface area contributed by atoms with E-state index in [1.807, 2.05) is 32.0 Å². The lowest BCUT2D eigenvalue weighted by molar-refractivity contribution is 0.118. The first-order valence-corrected chi connectivity index (χ1v) is 8.07. The second-order valence-electron chi connectivity index (χ2n) is 5.95. The molecular weight excluding hydrogens is 280 g/mol. The summed E-state index contributed by atoms with van der Waals surface area (Å²) in [5, 5.41) is 15.3. The van der Waals surface area contributed by atoms with Crippen molar-refractivity contribution in [3.8, 4) is 5.75 Å². The smallest absolute Gasteiger partial charge is 0.319 e. The molecule has 0 heterocycles. The molecule has 1 aliphatic carbocycles. The lowest BCUT2D eigenvalue weighted by Gasteiger charge is -2.26. The van der Waals surface area contributed by atoms with Gasteiger partial charge in [0.2, 0.25) is 0 Å². The molecule has 5 nitrogen and oxygen atoms in total. The normalized spacial score (nSPS) is 21.2. The van der Waals surface area contributed by atoms with Gasteiger partial charge in [0.05, 0.1) is 18.4 Å². The lowest BCUT2D eigenvalue weighted by Crippen LogP contribution is -2.40. The molecule has 1 saturated carbocycles. The van der Waals surface area contributed by atoms with Gasteiger partial charge < -0.3 is 20.5 Å². The van der Waals surface area contributed by atoms with Gasteiger partial charge in [0, 0.05) is 6.04 Å². The van der Waals surface area contributed by atoms with Crippen molar-refractivity contribution < 1.29 is 14.6 Å². The van der Waals surface area contributed by atoms with Gasteiger partial charge in [-0.1, -0.05) is 13.0 Å². The van der Waals surface area contributed by atoms with Gasteiger partial charge in [0.1, 0.15) is 5.75 Å². The number of nitrogens with one attached hydrogen (secondary N) is 2. The number of carbonyl (C=O) groups excluding carboxylic acids is 1. The molecule has 1 fully saturated rings. The van der Waals surface area contributed by atoms with Crippen molar-refractivity contribution in [1.29, 1.82) is 0 Å². The summed E-state index contributed by atoms with van der Waals surface area (Å²) in [5.74, 6) is 0.705. The minimum absolute atomic E-state index is 0.133. The van der Waals surface area contributed by atoms with Crippen molar-refractivity contribution in [3.63, 3.8) is 0 Å². The zero-order valence-corrected chi connectivity index (χ0v) is 13.4. The van der Waals surface area contributed by atoms with Crippen molar-refractivity contribution in [3.05, 3.63) is 23.8 Å². The average Bonchev–Trinajstić information content (AvgIpc) is 2.50. The second-order valence-corrected chi connectivity index (χ2v) is 5.95. The molecule has 0 aliphatic heterocycles. The molecular formula is C17H26N2O3. The highest BCUT2D eigenvalue weighted by Gasteiger charge is 2.21. The van der Waals surface area contributed by atoms with Gasteiger partial charge in [-0.3, -0.25) is 0 Å². The van der Waals surface area contributed by atoms with Crippen LogP contribution in [0.25, 0.3) is 0 Å². The minimum atomic E-state index is -0.216. The summed E-state index contributed by atoms with van der Waals surface area (Å²) < 4.78 is 5.70. The van der Waals surface area contributed by atoms with Crippen LogP contribution in [0.5, 0.6) is 5.75 Å². The van der Waals surface area contributed by atoms with Crippen LogP contribution in [0.15, 0.2) is 18.2 Å². The van der Waals surface area contributed by atoms with Crippen LogP contribution in [-0.4, -0.2) is 29.9 Å². The zero-order chi connectivity index (χ0) is 15.9. The Morgan fingerprint density at radius 1 is 1.32 bits per heavy atom. The van der Waals surface area contributed by atoms with E-state index in [-0.39, 0.29) is 18.2 Å². The van der Waals surface area contributed by atoms with E-state index >= 15 is 0 Å². The maximum Gasteiger partial charge on any atom is 0.319 e. The second kappa shape index (κ2) is 8.03. The first-order valence-electron chi connectivity index (χ1n) is 8.07. The van der Waals surface area contributed by atoms with E-state index in [4.69, 9.17) is 4.74 Å². The van der Waals surface area contributed by atoms with E-state index < -0.39 is 0 Å². The highest BCUT2D eigenvalue weighted by atomic mass is 16.5. The topological polar surface area (TPSA) is 70.6 Å². The Bertz CT molecular complexity index is 497. The van der Waals surface area contributed by atoms with E-state index in [2.05, 4.69) is 10.6 Å². The number of amides is 2. The third-order valence-electron chi connectivity index (χ3n) is 3.88. The van der Waals surface area contributed by atoms with Crippen LogP contribution in [0, 0.1) is 6.92 Å². The molecule has 122 valence electrons. The first-order chi connectivity index (χ1) is 10.6. The van der Waals surface area contributed by atoms with E-state index in [0.717, 1.165) is 37.7 Å². The molecule has 0 bridgehead atoms. The molecule has 0 aromatic heterocycles. The predicted molar refractivity (Wildman–Crippen MR) is 87.4 cm³/mol. The van der Waals surface area contributed by atoms with Crippen molar-refractivity contribution in [2.75, 3.05) is 11.9 Å². The monoisotopic (exact) mass is 306 g/mol. The molecule has 2 rings (SSSR count). The van der Waals surface area contributed by atoms with Crippen LogP contribution in [0.3, 0.4) is 0 Å². The predicted octanol–water partition coefficient (Wildman–Crippen LogP) is 3.21. The fourth-order valence-corrected chi connectivity index (χ4v) is 2.63. The number of hydrogen-bond acceptors (Lipinski definition) is 3.